The number of fused-ring (bicyclic) bond motifs is 3. The van der Waals surface area contributed by atoms with Crippen molar-refractivity contribution < 1.29 is 52.4 Å². The number of urea groups is 1. The number of hydrogen-bond acceptors (Lipinski definition) is 9. The minimum absolute atomic E-state index is 0.0919. The second-order valence-electron chi connectivity index (χ2n) is 10.9. The van der Waals surface area contributed by atoms with Crippen LogP contribution >= 0.6 is 0 Å². The summed E-state index contributed by atoms with van der Waals surface area (Å²) in [5.41, 5.74) is 5.15. The van der Waals surface area contributed by atoms with Crippen LogP contribution in [0.1, 0.15) is 28.8 Å². The van der Waals surface area contributed by atoms with Gasteiger partial charge in [-0.25, -0.2) is 4.79 Å². The van der Waals surface area contributed by atoms with E-state index in [4.69, 9.17) is 5.73 Å². The van der Waals surface area contributed by atoms with Gasteiger partial charge in [0.05, 0.1) is 17.2 Å². The number of aliphatic hydroxyl groups excluding tert-OH is 2. The van der Waals surface area contributed by atoms with Crippen LogP contribution < -0.4 is 26.0 Å². The van der Waals surface area contributed by atoms with Gasteiger partial charge < -0.3 is 41.3 Å². The van der Waals surface area contributed by atoms with Gasteiger partial charge in [0.1, 0.15) is 22.8 Å². The molecule has 3 atom stereocenters. The van der Waals surface area contributed by atoms with Crippen molar-refractivity contribution in [3.8, 4) is 11.5 Å². The highest BCUT2D eigenvalue weighted by atomic mass is 19.4. The van der Waals surface area contributed by atoms with E-state index in [-0.39, 0.29) is 41.8 Å². The van der Waals surface area contributed by atoms with Crippen molar-refractivity contribution in [2.75, 3.05) is 29.6 Å². The van der Waals surface area contributed by atoms with Gasteiger partial charge in [0.25, 0.3) is 5.91 Å². The number of alkyl halides is 3. The number of phenolic OH excluding ortho intramolecular Hbond substituents is 1. The molecule has 2 aromatic carbocycles. The molecule has 12 nitrogen and oxygen atoms in total. The van der Waals surface area contributed by atoms with Crippen LogP contribution in [0.2, 0.25) is 0 Å². The Hall–Kier alpha value is -5.21. The summed E-state index contributed by atoms with van der Waals surface area (Å²) in [6, 6.07) is 4.87. The second-order valence-corrected chi connectivity index (χ2v) is 10.9. The molecule has 3 aliphatic carbocycles. The maximum atomic E-state index is 13.9. The number of Topliss-reactive ketones (excluding diaryl/α,β-unsaturated/α-hetero) is 2. The van der Waals surface area contributed by atoms with E-state index >= 15 is 0 Å². The Morgan fingerprint density at radius 3 is 2.30 bits per heavy atom. The minimum Gasteiger partial charge on any atom is -0.511 e. The number of anilines is 3. The third kappa shape index (κ3) is 5.36. The number of ketones is 2. The quantitative estimate of drug-likeness (QED) is 0.212. The first kappa shape index (κ1) is 30.3. The average molecular weight is 617 g/mol. The van der Waals surface area contributed by atoms with Crippen molar-refractivity contribution in [1.82, 2.24) is 0 Å². The monoisotopic (exact) mass is 616 g/mol. The molecule has 0 spiro atoms. The summed E-state index contributed by atoms with van der Waals surface area (Å²) >= 11 is 0. The molecule has 0 aliphatic heterocycles. The van der Waals surface area contributed by atoms with Gasteiger partial charge in [-0.05, 0) is 60.6 Å². The molecule has 0 saturated heterocycles. The van der Waals surface area contributed by atoms with Crippen molar-refractivity contribution in [2.24, 2.45) is 23.5 Å². The maximum Gasteiger partial charge on any atom is 0.573 e. The molecule has 2 aromatic rings. The van der Waals surface area contributed by atoms with E-state index in [0.29, 0.717) is 11.3 Å². The van der Waals surface area contributed by atoms with E-state index in [1.807, 2.05) is 0 Å². The summed E-state index contributed by atoms with van der Waals surface area (Å²) in [6.07, 6.45) is -4.58. The van der Waals surface area contributed by atoms with E-state index in [1.165, 1.54) is 18.2 Å². The van der Waals surface area contributed by atoms with Crippen LogP contribution in [0.25, 0.3) is 0 Å². The Bertz CT molecular complexity index is 1660. The summed E-state index contributed by atoms with van der Waals surface area (Å²) in [7, 11) is 3.36. The molecule has 15 heteroatoms. The van der Waals surface area contributed by atoms with Gasteiger partial charge in [-0.2, -0.15) is 0 Å². The summed E-state index contributed by atoms with van der Waals surface area (Å²) < 4.78 is 41.1. The standard InChI is InChI=1S/C29H27F3N4O8/c1-36(2)17-10-16(35-28(43)34-13-3-5-14(6-4-13)44-29(30,31)32)23(38)21-15(17)8-11-7-12-9-18(37)22(27(33)42)26(41)20(12)24(39)19(11)25(21)40/h3-6,10-12,20,37-39H,7-9H2,1-2H3,(H2,33,42)(H2,34,35,43). The van der Waals surface area contributed by atoms with Crippen LogP contribution in [0.5, 0.6) is 11.5 Å². The highest BCUT2D eigenvalue weighted by molar-refractivity contribution is 6.22. The van der Waals surface area contributed by atoms with E-state index in [0.717, 1.165) is 12.1 Å². The first-order valence-electron chi connectivity index (χ1n) is 13.3. The van der Waals surface area contributed by atoms with Gasteiger partial charge in [-0.1, -0.05) is 0 Å². The van der Waals surface area contributed by atoms with Crippen LogP contribution in [0.4, 0.5) is 35.0 Å². The van der Waals surface area contributed by atoms with Crippen molar-refractivity contribution in [3.05, 3.63) is 64.1 Å². The minimum atomic E-state index is -4.89. The molecule has 0 aromatic heterocycles. The molecule has 5 rings (SSSR count). The second kappa shape index (κ2) is 10.8. The predicted octanol–water partition coefficient (Wildman–Crippen LogP) is 4.07. The highest BCUT2D eigenvalue weighted by Gasteiger charge is 2.50. The van der Waals surface area contributed by atoms with Gasteiger partial charge in [0.15, 0.2) is 17.3 Å². The molecule has 0 bridgehead atoms. The van der Waals surface area contributed by atoms with Gasteiger partial charge in [-0.3, -0.25) is 14.4 Å². The number of nitrogens with zero attached hydrogens (tertiary/aromatic N) is 1. The number of nitrogens with one attached hydrogen (secondary N) is 2. The largest absolute Gasteiger partial charge is 0.573 e. The molecule has 7 N–H and O–H groups in total. The Morgan fingerprint density at radius 1 is 1.05 bits per heavy atom. The van der Waals surface area contributed by atoms with Crippen LogP contribution in [0, 0.1) is 17.8 Å². The molecule has 3 amide bonds. The normalized spacial score (nSPS) is 21.2. The molecule has 232 valence electrons. The maximum absolute atomic E-state index is 13.9. The fourth-order valence-corrected chi connectivity index (χ4v) is 6.21. The van der Waals surface area contributed by atoms with Crippen molar-refractivity contribution >= 4 is 40.6 Å². The SMILES string of the molecule is CN(C)c1cc(NC(=O)Nc2ccc(OC(F)(F)F)cc2)c(O)c2c1CC1CC3CC(O)=C(C(N)=O)C(=O)C3C(O)=C1C2=O. The van der Waals surface area contributed by atoms with Gasteiger partial charge in [0, 0.05) is 37.5 Å². The molecular formula is C29H27F3N4O8. The molecule has 3 unspecified atom stereocenters. The number of halogens is 3. The summed E-state index contributed by atoms with van der Waals surface area (Å²) in [6.45, 7) is 0. The van der Waals surface area contributed by atoms with Crippen molar-refractivity contribution in [2.45, 2.75) is 25.6 Å². The number of primary amides is 1. The number of nitrogens with two attached hydrogens (primary N) is 1. The van der Waals surface area contributed by atoms with Crippen molar-refractivity contribution in [3.63, 3.8) is 0 Å². The van der Waals surface area contributed by atoms with E-state index in [1.54, 1.807) is 19.0 Å². The lowest BCUT2D eigenvalue weighted by atomic mass is 9.62. The molecule has 0 radical (unpaired) electrons. The Morgan fingerprint density at radius 2 is 1.70 bits per heavy atom. The molecule has 0 saturated carbocycles. The van der Waals surface area contributed by atoms with E-state index < -0.39 is 76.2 Å². The first-order valence-corrected chi connectivity index (χ1v) is 13.3. The molecule has 0 fully saturated rings. The number of benzene rings is 2. The third-order valence-electron chi connectivity index (χ3n) is 7.94. The summed E-state index contributed by atoms with van der Waals surface area (Å²) in [5.74, 6) is -7.39. The smallest absolute Gasteiger partial charge is 0.511 e. The van der Waals surface area contributed by atoms with Crippen LogP contribution in [0.3, 0.4) is 0 Å². The number of aromatic hydroxyl groups is 1. The van der Waals surface area contributed by atoms with Gasteiger partial charge in [0.2, 0.25) is 0 Å². The third-order valence-corrected chi connectivity index (χ3v) is 7.94. The van der Waals surface area contributed by atoms with Crippen LogP contribution in [-0.4, -0.2) is 59.3 Å². The number of carbonyl (C=O) groups excluding carboxylic acids is 4. The number of amides is 3. The number of hydrogen-bond donors (Lipinski definition) is 6. The van der Waals surface area contributed by atoms with Crippen LogP contribution in [0.15, 0.2) is 53.0 Å². The highest BCUT2D eigenvalue weighted by Crippen LogP contribution is 2.51. The number of ether oxygens (including phenoxy) is 1. The molecule has 3 aliphatic rings. The van der Waals surface area contributed by atoms with Crippen molar-refractivity contribution in [1.29, 1.82) is 0 Å². The molecular weight excluding hydrogens is 589 g/mol. The topological polar surface area (TPSA) is 192 Å². The zero-order chi connectivity index (χ0) is 32.2. The van der Waals surface area contributed by atoms with Crippen LogP contribution in [-0.2, 0) is 16.0 Å². The fraction of sp³-hybridized carbons (Fsp3) is 0.310. The first-order chi connectivity index (χ1) is 20.6. The Kier molecular flexibility index (Phi) is 7.43. The number of allylic oxidation sites excluding steroid dienone is 3. The lowest BCUT2D eigenvalue weighted by molar-refractivity contribution is -0.274. The lowest BCUT2D eigenvalue weighted by Gasteiger charge is -2.41. The number of rotatable bonds is 5. The Labute approximate surface area is 247 Å². The lowest BCUT2D eigenvalue weighted by Crippen LogP contribution is -2.43. The van der Waals surface area contributed by atoms with Gasteiger partial charge in [-0.15, -0.1) is 13.2 Å². The summed E-state index contributed by atoms with van der Waals surface area (Å²) in [5, 5.41) is 37.6. The fourth-order valence-electron chi connectivity index (χ4n) is 6.21. The van der Waals surface area contributed by atoms with E-state index in [9.17, 15) is 47.7 Å². The molecule has 0 heterocycles. The number of carbonyl (C=O) groups is 4. The zero-order valence-corrected chi connectivity index (χ0v) is 23.3. The molecule has 44 heavy (non-hydrogen) atoms. The van der Waals surface area contributed by atoms with Gasteiger partial charge >= 0.3 is 12.4 Å². The number of aliphatic hydroxyl groups is 2. The predicted molar refractivity (Wildman–Crippen MR) is 149 cm³/mol. The number of phenols is 1. The average Bonchev–Trinajstić information content (AvgIpc) is 2.89. The zero-order valence-electron chi connectivity index (χ0n) is 23.3. The Balaban J connectivity index is 1.47. The summed E-state index contributed by atoms with van der Waals surface area (Å²) in [4.78, 5) is 53.2. The van der Waals surface area contributed by atoms with E-state index in [2.05, 4.69) is 15.4 Å².